The molecule has 4 rings (SSSR count). The van der Waals surface area contributed by atoms with Crippen LogP contribution in [0.4, 0.5) is 0 Å². The Bertz CT molecular complexity index is 1040. The van der Waals surface area contributed by atoms with Crippen LogP contribution < -0.4 is 15.1 Å². The Morgan fingerprint density at radius 2 is 1.81 bits per heavy atom. The summed E-state index contributed by atoms with van der Waals surface area (Å²) in [6.45, 7) is 1.47. The molecule has 1 aliphatic rings. The molecule has 1 aromatic heterocycles. The minimum Gasteiger partial charge on any atom is -0.507 e. The molecule has 1 aliphatic heterocycles. The van der Waals surface area contributed by atoms with E-state index in [1.54, 1.807) is 30.3 Å². The van der Waals surface area contributed by atoms with E-state index in [1.807, 2.05) is 25.1 Å². The zero-order chi connectivity index (χ0) is 18.3. The van der Waals surface area contributed by atoms with Gasteiger partial charge in [-0.2, -0.15) is 0 Å². The maximum absolute atomic E-state index is 12.6. The molecule has 1 N–H and O–H groups in total. The van der Waals surface area contributed by atoms with E-state index in [-0.39, 0.29) is 5.75 Å². The molecule has 2 heterocycles. The zero-order valence-electron chi connectivity index (χ0n) is 14.6. The summed E-state index contributed by atoms with van der Waals surface area (Å²) >= 11 is 0. The quantitative estimate of drug-likeness (QED) is 0.730. The van der Waals surface area contributed by atoms with Crippen molar-refractivity contribution in [3.8, 4) is 28.4 Å². The highest BCUT2D eigenvalue weighted by atomic mass is 16.6. The number of phenolic OH excluding ortho intramolecular Hbond substituents is 1. The van der Waals surface area contributed by atoms with Crippen LogP contribution in [0, 0.1) is 0 Å². The van der Waals surface area contributed by atoms with E-state index in [1.165, 1.54) is 0 Å². The van der Waals surface area contributed by atoms with Gasteiger partial charge in [0.05, 0.1) is 11.1 Å². The summed E-state index contributed by atoms with van der Waals surface area (Å²) in [5, 5.41) is 10.9. The Hall–Kier alpha value is -2.99. The Balaban J connectivity index is 1.86. The zero-order valence-corrected chi connectivity index (χ0v) is 14.6. The van der Waals surface area contributed by atoms with Gasteiger partial charge in [-0.3, -0.25) is 0 Å². The summed E-state index contributed by atoms with van der Waals surface area (Å²) in [5.41, 5.74) is 1.69. The lowest BCUT2D eigenvalue weighted by Gasteiger charge is -2.18. The van der Waals surface area contributed by atoms with Crippen molar-refractivity contribution in [3.63, 3.8) is 0 Å². The molecule has 0 aliphatic carbocycles. The normalized spacial score (nSPS) is 13.3. The van der Waals surface area contributed by atoms with Gasteiger partial charge in [-0.15, -0.1) is 0 Å². The maximum atomic E-state index is 12.6. The molecule has 0 unspecified atom stereocenters. The molecule has 6 heteroatoms. The molecule has 0 amide bonds. The van der Waals surface area contributed by atoms with Crippen molar-refractivity contribution in [2.24, 2.45) is 0 Å². The van der Waals surface area contributed by atoms with Crippen LogP contribution in [0.15, 0.2) is 45.6 Å². The van der Waals surface area contributed by atoms with Gasteiger partial charge in [0.25, 0.3) is 0 Å². The SMILES string of the molecule is CN(C)Cc1c(O)ccc2cc(-c3ccc4c(c3)OCCO4)c(=O)oc12. The van der Waals surface area contributed by atoms with Gasteiger partial charge >= 0.3 is 5.63 Å². The second-order valence-corrected chi connectivity index (χ2v) is 6.53. The van der Waals surface area contributed by atoms with E-state index in [0.717, 1.165) is 5.39 Å². The van der Waals surface area contributed by atoms with E-state index in [9.17, 15) is 9.90 Å². The van der Waals surface area contributed by atoms with Gasteiger partial charge in [0.1, 0.15) is 24.5 Å². The number of fused-ring (bicyclic) bond motifs is 2. The van der Waals surface area contributed by atoms with Crippen LogP contribution in [-0.2, 0) is 6.54 Å². The van der Waals surface area contributed by atoms with Crippen molar-refractivity contribution in [3.05, 3.63) is 52.4 Å². The molecule has 0 atom stereocenters. The number of benzene rings is 2. The largest absolute Gasteiger partial charge is 0.507 e. The van der Waals surface area contributed by atoms with Crippen LogP contribution in [0.25, 0.3) is 22.1 Å². The van der Waals surface area contributed by atoms with Crippen molar-refractivity contribution in [2.45, 2.75) is 6.54 Å². The van der Waals surface area contributed by atoms with E-state index < -0.39 is 5.63 Å². The van der Waals surface area contributed by atoms with Crippen molar-refractivity contribution in [1.29, 1.82) is 0 Å². The lowest BCUT2D eigenvalue weighted by molar-refractivity contribution is 0.171. The number of aromatic hydroxyl groups is 1. The van der Waals surface area contributed by atoms with Crippen LogP contribution in [0.2, 0.25) is 0 Å². The fourth-order valence-electron chi connectivity index (χ4n) is 3.11. The van der Waals surface area contributed by atoms with Crippen molar-refractivity contribution in [1.82, 2.24) is 4.90 Å². The van der Waals surface area contributed by atoms with Crippen molar-refractivity contribution >= 4 is 11.0 Å². The number of rotatable bonds is 3. The molecule has 0 saturated carbocycles. The summed E-state index contributed by atoms with van der Waals surface area (Å²) in [4.78, 5) is 14.5. The number of hydrogen-bond acceptors (Lipinski definition) is 6. The van der Waals surface area contributed by atoms with E-state index in [0.29, 0.717) is 53.5 Å². The van der Waals surface area contributed by atoms with Gasteiger partial charge in [-0.05, 0) is 50.0 Å². The molecule has 0 saturated heterocycles. The van der Waals surface area contributed by atoms with Crippen molar-refractivity contribution in [2.75, 3.05) is 27.3 Å². The first-order chi connectivity index (χ1) is 12.5. The minimum atomic E-state index is -0.459. The molecule has 3 aromatic rings. The Labute approximate surface area is 150 Å². The number of ether oxygens (including phenoxy) is 2. The first kappa shape index (κ1) is 16.5. The van der Waals surface area contributed by atoms with Crippen LogP contribution in [0.5, 0.6) is 17.2 Å². The number of hydrogen-bond donors (Lipinski definition) is 1. The van der Waals surface area contributed by atoms with Gasteiger partial charge in [0.15, 0.2) is 11.5 Å². The molecule has 0 spiro atoms. The van der Waals surface area contributed by atoms with Gasteiger partial charge in [-0.1, -0.05) is 6.07 Å². The van der Waals surface area contributed by atoms with E-state index in [2.05, 4.69) is 0 Å². The lowest BCUT2D eigenvalue weighted by atomic mass is 10.0. The van der Waals surface area contributed by atoms with Crippen molar-refractivity contribution < 1.29 is 19.0 Å². The fourth-order valence-corrected chi connectivity index (χ4v) is 3.11. The third-order valence-corrected chi connectivity index (χ3v) is 4.31. The Morgan fingerprint density at radius 3 is 2.58 bits per heavy atom. The topological polar surface area (TPSA) is 72.1 Å². The molecule has 134 valence electrons. The van der Waals surface area contributed by atoms with Crippen LogP contribution in [-0.4, -0.2) is 37.3 Å². The maximum Gasteiger partial charge on any atom is 0.344 e. The monoisotopic (exact) mass is 353 g/mol. The van der Waals surface area contributed by atoms with Crippen LogP contribution >= 0.6 is 0 Å². The van der Waals surface area contributed by atoms with Gasteiger partial charge in [0.2, 0.25) is 0 Å². The molecule has 6 nitrogen and oxygen atoms in total. The third-order valence-electron chi connectivity index (χ3n) is 4.31. The van der Waals surface area contributed by atoms with E-state index >= 15 is 0 Å². The average molecular weight is 353 g/mol. The van der Waals surface area contributed by atoms with Gasteiger partial charge in [-0.25, -0.2) is 4.79 Å². The molecule has 0 fully saturated rings. The fraction of sp³-hybridized carbons (Fsp3) is 0.250. The second kappa shape index (κ2) is 6.38. The predicted octanol–water partition coefficient (Wildman–Crippen LogP) is 3.00. The minimum absolute atomic E-state index is 0.112. The molecule has 2 aromatic carbocycles. The lowest BCUT2D eigenvalue weighted by Crippen LogP contribution is -2.15. The molecular weight excluding hydrogens is 334 g/mol. The Kier molecular flexibility index (Phi) is 4.05. The summed E-state index contributed by atoms with van der Waals surface area (Å²) < 4.78 is 16.7. The number of phenols is 1. The third kappa shape index (κ3) is 2.88. The molecule has 0 radical (unpaired) electrons. The number of nitrogens with zero attached hydrogens (tertiary/aromatic N) is 1. The first-order valence-corrected chi connectivity index (χ1v) is 8.36. The highest BCUT2D eigenvalue weighted by Gasteiger charge is 2.17. The standard InChI is InChI=1S/C20H19NO5/c1-21(2)11-15-16(22)5-3-13-9-14(20(23)26-19(13)15)12-4-6-17-18(10-12)25-8-7-24-17/h3-6,9-10,22H,7-8,11H2,1-2H3. The molecule has 26 heavy (non-hydrogen) atoms. The van der Waals surface area contributed by atoms with Gasteiger partial charge in [0, 0.05) is 11.9 Å². The molecular formula is C20H19NO5. The van der Waals surface area contributed by atoms with Crippen LogP contribution in [0.1, 0.15) is 5.56 Å². The van der Waals surface area contributed by atoms with Gasteiger partial charge < -0.3 is 23.9 Å². The van der Waals surface area contributed by atoms with Crippen LogP contribution in [0.3, 0.4) is 0 Å². The average Bonchev–Trinajstić information content (AvgIpc) is 2.63. The predicted molar refractivity (Wildman–Crippen MR) is 98.0 cm³/mol. The smallest absolute Gasteiger partial charge is 0.344 e. The highest BCUT2D eigenvalue weighted by Crippen LogP contribution is 2.35. The Morgan fingerprint density at radius 1 is 1.04 bits per heavy atom. The summed E-state index contributed by atoms with van der Waals surface area (Å²) in [6, 6.07) is 10.5. The summed E-state index contributed by atoms with van der Waals surface area (Å²) in [6.07, 6.45) is 0. The summed E-state index contributed by atoms with van der Waals surface area (Å²) in [5.74, 6) is 1.40. The first-order valence-electron chi connectivity index (χ1n) is 8.36. The molecule has 0 bridgehead atoms. The summed E-state index contributed by atoms with van der Waals surface area (Å²) in [7, 11) is 3.78. The van der Waals surface area contributed by atoms with E-state index in [4.69, 9.17) is 13.9 Å². The highest BCUT2D eigenvalue weighted by molar-refractivity contribution is 5.86. The second-order valence-electron chi connectivity index (χ2n) is 6.53.